The van der Waals surface area contributed by atoms with E-state index in [0.29, 0.717) is 11.7 Å². The summed E-state index contributed by atoms with van der Waals surface area (Å²) in [5.74, 6) is 0.160. The lowest BCUT2D eigenvalue weighted by Gasteiger charge is -2.10. The quantitative estimate of drug-likeness (QED) is 0.931. The summed E-state index contributed by atoms with van der Waals surface area (Å²) >= 11 is 0. The van der Waals surface area contributed by atoms with Crippen LogP contribution in [0.25, 0.3) is 0 Å². The van der Waals surface area contributed by atoms with Gasteiger partial charge in [-0.05, 0) is 19.1 Å². The van der Waals surface area contributed by atoms with Crippen molar-refractivity contribution in [1.82, 2.24) is 10.1 Å². The highest BCUT2D eigenvalue weighted by atomic mass is 16.5. The Balaban J connectivity index is 2.13. The van der Waals surface area contributed by atoms with Crippen LogP contribution in [0.2, 0.25) is 0 Å². The van der Waals surface area contributed by atoms with E-state index >= 15 is 0 Å². The van der Waals surface area contributed by atoms with Crippen molar-refractivity contribution in [2.45, 2.75) is 39.7 Å². The first kappa shape index (κ1) is 15.0. The van der Waals surface area contributed by atoms with Crippen molar-refractivity contribution < 1.29 is 19.2 Å². The first-order valence-corrected chi connectivity index (χ1v) is 6.57. The minimum Gasteiger partial charge on any atom is -0.485 e. The number of aryl methyl sites for hydroxylation is 1. The van der Waals surface area contributed by atoms with Crippen LogP contribution in [0.4, 0.5) is 0 Å². The molecular weight excluding hydrogens is 272 g/mol. The molecule has 112 valence electrons. The third kappa shape index (κ3) is 3.59. The second kappa shape index (κ2) is 5.55. The van der Waals surface area contributed by atoms with Crippen molar-refractivity contribution in [3.05, 3.63) is 41.0 Å². The van der Waals surface area contributed by atoms with E-state index in [0.717, 1.165) is 5.56 Å². The van der Waals surface area contributed by atoms with Gasteiger partial charge in [0.1, 0.15) is 11.3 Å². The molecule has 0 aliphatic rings. The lowest BCUT2D eigenvalue weighted by Crippen LogP contribution is -2.11. The molecule has 0 saturated carbocycles. The van der Waals surface area contributed by atoms with Gasteiger partial charge in [-0.2, -0.15) is 4.98 Å². The lowest BCUT2D eigenvalue weighted by atomic mass is 9.97. The third-order valence-electron chi connectivity index (χ3n) is 2.83. The lowest BCUT2D eigenvalue weighted by molar-refractivity contribution is 0.0691. The van der Waals surface area contributed by atoms with Gasteiger partial charge in [0, 0.05) is 5.41 Å². The Morgan fingerprint density at radius 1 is 1.38 bits per heavy atom. The molecular formula is C15H18N2O4. The Hall–Kier alpha value is -2.37. The second-order valence-corrected chi connectivity index (χ2v) is 5.86. The fourth-order valence-electron chi connectivity index (χ4n) is 1.70. The van der Waals surface area contributed by atoms with Crippen LogP contribution in [0.5, 0.6) is 5.75 Å². The monoisotopic (exact) mass is 290 g/mol. The average molecular weight is 290 g/mol. The maximum Gasteiger partial charge on any atom is 0.339 e. The maximum atomic E-state index is 11.2. The van der Waals surface area contributed by atoms with Gasteiger partial charge in [-0.15, -0.1) is 0 Å². The zero-order valence-corrected chi connectivity index (χ0v) is 12.5. The molecule has 0 fully saturated rings. The number of hydrogen-bond donors (Lipinski definition) is 1. The molecule has 2 rings (SSSR count). The van der Waals surface area contributed by atoms with Crippen LogP contribution >= 0.6 is 0 Å². The van der Waals surface area contributed by atoms with Gasteiger partial charge in [0.15, 0.2) is 6.61 Å². The van der Waals surface area contributed by atoms with Crippen LogP contribution < -0.4 is 4.74 Å². The van der Waals surface area contributed by atoms with E-state index in [2.05, 4.69) is 10.1 Å². The van der Waals surface area contributed by atoms with E-state index in [9.17, 15) is 4.79 Å². The molecule has 0 amide bonds. The smallest absolute Gasteiger partial charge is 0.339 e. The summed E-state index contributed by atoms with van der Waals surface area (Å²) in [6, 6.07) is 4.98. The zero-order valence-electron chi connectivity index (χ0n) is 12.5. The molecule has 0 aliphatic carbocycles. The molecule has 0 saturated heterocycles. The topological polar surface area (TPSA) is 85.5 Å². The number of hydrogen-bond acceptors (Lipinski definition) is 5. The van der Waals surface area contributed by atoms with Crippen molar-refractivity contribution in [2.24, 2.45) is 0 Å². The molecule has 0 radical (unpaired) electrons. The Morgan fingerprint density at radius 3 is 2.67 bits per heavy atom. The van der Waals surface area contributed by atoms with E-state index in [4.69, 9.17) is 14.4 Å². The molecule has 0 atom stereocenters. The minimum atomic E-state index is -1.03. The largest absolute Gasteiger partial charge is 0.485 e. The summed E-state index contributed by atoms with van der Waals surface area (Å²) in [5, 5.41) is 13.0. The maximum absolute atomic E-state index is 11.2. The molecule has 6 heteroatoms. The van der Waals surface area contributed by atoms with Crippen LogP contribution in [0.3, 0.4) is 0 Å². The van der Waals surface area contributed by atoms with Crippen molar-refractivity contribution in [1.29, 1.82) is 0 Å². The molecule has 21 heavy (non-hydrogen) atoms. The van der Waals surface area contributed by atoms with Crippen LogP contribution in [0.15, 0.2) is 22.7 Å². The third-order valence-corrected chi connectivity index (χ3v) is 2.83. The molecule has 6 nitrogen and oxygen atoms in total. The van der Waals surface area contributed by atoms with Gasteiger partial charge < -0.3 is 14.4 Å². The highest BCUT2D eigenvalue weighted by molar-refractivity contribution is 5.91. The summed E-state index contributed by atoms with van der Waals surface area (Å²) in [4.78, 5) is 15.4. The fraction of sp³-hybridized carbons (Fsp3) is 0.400. The molecule has 0 bridgehead atoms. The molecule has 2 aromatic rings. The molecule has 0 aliphatic heterocycles. The standard InChI is InChI=1S/C15H18N2O4/c1-9-5-6-11(10(7-9)13(18)19)20-8-12-16-14(21-17-12)15(2,3)4/h5-7H,8H2,1-4H3,(H,18,19). The summed E-state index contributed by atoms with van der Waals surface area (Å²) in [7, 11) is 0. The molecule has 1 heterocycles. The number of rotatable bonds is 4. The van der Waals surface area contributed by atoms with Crippen molar-refractivity contribution >= 4 is 5.97 Å². The Labute approximate surface area is 122 Å². The Morgan fingerprint density at radius 2 is 2.10 bits per heavy atom. The van der Waals surface area contributed by atoms with E-state index in [-0.39, 0.29) is 23.3 Å². The number of ether oxygens (including phenoxy) is 1. The van der Waals surface area contributed by atoms with Crippen LogP contribution in [0.1, 0.15) is 48.4 Å². The van der Waals surface area contributed by atoms with Gasteiger partial charge in [-0.3, -0.25) is 0 Å². The van der Waals surface area contributed by atoms with E-state index < -0.39 is 5.97 Å². The number of carboxylic acid groups (broad SMARTS) is 1. The summed E-state index contributed by atoms with van der Waals surface area (Å²) in [6.07, 6.45) is 0. The molecule has 1 aromatic carbocycles. The van der Waals surface area contributed by atoms with E-state index in [1.807, 2.05) is 27.7 Å². The number of aromatic nitrogens is 2. The van der Waals surface area contributed by atoms with Crippen molar-refractivity contribution in [3.8, 4) is 5.75 Å². The number of benzene rings is 1. The molecule has 1 aromatic heterocycles. The SMILES string of the molecule is Cc1ccc(OCc2noc(C(C)(C)C)n2)c(C(=O)O)c1. The Kier molecular flexibility index (Phi) is 3.97. The molecule has 1 N–H and O–H groups in total. The second-order valence-electron chi connectivity index (χ2n) is 5.86. The molecule has 0 spiro atoms. The average Bonchev–Trinajstić information content (AvgIpc) is 2.85. The zero-order chi connectivity index (χ0) is 15.6. The predicted molar refractivity (Wildman–Crippen MR) is 75.5 cm³/mol. The van der Waals surface area contributed by atoms with Gasteiger partial charge in [0.05, 0.1) is 0 Å². The molecule has 0 unspecified atom stereocenters. The first-order chi connectivity index (χ1) is 9.77. The number of nitrogens with zero attached hydrogens (tertiary/aromatic N) is 2. The van der Waals surface area contributed by atoms with Gasteiger partial charge in [-0.25, -0.2) is 4.79 Å². The fourth-order valence-corrected chi connectivity index (χ4v) is 1.70. The van der Waals surface area contributed by atoms with Gasteiger partial charge in [0.25, 0.3) is 0 Å². The Bertz CT molecular complexity index is 656. The minimum absolute atomic E-state index is 0.0585. The highest BCUT2D eigenvalue weighted by Crippen LogP contribution is 2.22. The summed E-state index contributed by atoms with van der Waals surface area (Å²) in [5.41, 5.74) is 0.741. The van der Waals surface area contributed by atoms with Crippen LogP contribution in [0, 0.1) is 6.92 Å². The number of carbonyl (C=O) groups is 1. The predicted octanol–water partition coefficient (Wildman–Crippen LogP) is 2.95. The first-order valence-electron chi connectivity index (χ1n) is 6.57. The number of carboxylic acids is 1. The van der Waals surface area contributed by atoms with Crippen molar-refractivity contribution in [3.63, 3.8) is 0 Å². The van der Waals surface area contributed by atoms with Gasteiger partial charge in [-0.1, -0.05) is 37.6 Å². The highest BCUT2D eigenvalue weighted by Gasteiger charge is 2.22. The van der Waals surface area contributed by atoms with Crippen LogP contribution in [-0.2, 0) is 12.0 Å². The normalized spacial score (nSPS) is 11.4. The van der Waals surface area contributed by atoms with E-state index in [1.54, 1.807) is 18.2 Å². The van der Waals surface area contributed by atoms with Gasteiger partial charge in [0.2, 0.25) is 11.7 Å². The summed E-state index contributed by atoms with van der Waals surface area (Å²) < 4.78 is 10.7. The van der Waals surface area contributed by atoms with E-state index in [1.165, 1.54) is 0 Å². The van der Waals surface area contributed by atoms with Gasteiger partial charge >= 0.3 is 5.97 Å². The van der Waals surface area contributed by atoms with Crippen molar-refractivity contribution in [2.75, 3.05) is 0 Å². The summed E-state index contributed by atoms with van der Waals surface area (Å²) in [6.45, 7) is 7.78. The van der Waals surface area contributed by atoms with Crippen LogP contribution in [-0.4, -0.2) is 21.2 Å². The number of aromatic carboxylic acids is 1.